The number of ether oxygens (including phenoxy) is 2. The van der Waals surface area contributed by atoms with Gasteiger partial charge in [0.25, 0.3) is 0 Å². The van der Waals surface area contributed by atoms with E-state index >= 15 is 0 Å². The van der Waals surface area contributed by atoms with Crippen LogP contribution in [0.4, 0.5) is 23.2 Å². The van der Waals surface area contributed by atoms with Crippen molar-refractivity contribution in [2.75, 3.05) is 12.4 Å². The van der Waals surface area contributed by atoms with Crippen LogP contribution in [0.1, 0.15) is 12.5 Å². The lowest BCUT2D eigenvalue weighted by molar-refractivity contribution is -0.120. The minimum Gasteiger partial charge on any atom is -0.435 e. The fourth-order valence-electron chi connectivity index (χ4n) is 2.41. The summed E-state index contributed by atoms with van der Waals surface area (Å²) in [4.78, 5) is 14.1. The predicted octanol–water partition coefficient (Wildman–Crippen LogP) is 4.35. The molecule has 1 unspecified atom stereocenters. The molecule has 0 aliphatic rings. The Morgan fingerprint density at radius 2 is 1.61 bits per heavy atom. The van der Waals surface area contributed by atoms with Crippen molar-refractivity contribution >= 4 is 11.6 Å². The highest BCUT2D eigenvalue weighted by molar-refractivity contribution is 5.94. The molecular weight excluding hydrogens is 380 g/mol. The third kappa shape index (κ3) is 6.73. The summed E-state index contributed by atoms with van der Waals surface area (Å²) >= 11 is 0. The van der Waals surface area contributed by atoms with Crippen molar-refractivity contribution < 1.29 is 31.8 Å². The van der Waals surface area contributed by atoms with E-state index in [-0.39, 0.29) is 17.4 Å². The van der Waals surface area contributed by atoms with Gasteiger partial charge in [0.2, 0.25) is 5.91 Å². The maximum absolute atomic E-state index is 12.4. The smallest absolute Gasteiger partial charge is 0.387 e. The van der Waals surface area contributed by atoms with Crippen molar-refractivity contribution in [3.63, 3.8) is 0 Å². The number of carbonyl (C=O) groups is 1. The molecule has 2 aromatic rings. The molecule has 9 heteroatoms. The molecule has 0 saturated carbocycles. The molecule has 5 nitrogen and oxygen atoms in total. The van der Waals surface area contributed by atoms with Gasteiger partial charge in [-0.05, 0) is 55.9 Å². The molecule has 0 radical (unpaired) electrons. The molecule has 2 aromatic carbocycles. The fraction of sp³-hybridized carbons (Fsp3) is 0.316. The SMILES string of the molecule is CC(C(=O)Nc1ccc(OC(F)F)cc1)N(C)Cc1cccc(OC(F)F)c1. The third-order valence-corrected chi connectivity index (χ3v) is 3.94. The first-order valence-electron chi connectivity index (χ1n) is 8.34. The molecule has 0 saturated heterocycles. The Balaban J connectivity index is 1.93. The monoisotopic (exact) mass is 400 g/mol. The second-order valence-electron chi connectivity index (χ2n) is 6.01. The van der Waals surface area contributed by atoms with Crippen molar-refractivity contribution in [2.24, 2.45) is 0 Å². The van der Waals surface area contributed by atoms with E-state index in [0.717, 1.165) is 0 Å². The summed E-state index contributed by atoms with van der Waals surface area (Å²) < 4.78 is 57.5. The number of amides is 1. The molecule has 1 amide bonds. The Morgan fingerprint density at radius 3 is 2.21 bits per heavy atom. The lowest BCUT2D eigenvalue weighted by Gasteiger charge is -2.24. The van der Waals surface area contributed by atoms with Crippen LogP contribution in [-0.2, 0) is 11.3 Å². The average molecular weight is 400 g/mol. The molecule has 0 aromatic heterocycles. The third-order valence-electron chi connectivity index (χ3n) is 3.94. The largest absolute Gasteiger partial charge is 0.435 e. The standard InChI is InChI=1S/C19H20F4N2O3/c1-12(17(26)24-14-6-8-15(9-7-14)27-18(20)21)25(2)11-13-4-3-5-16(10-13)28-19(22)23/h3-10,12,18-19H,11H2,1-2H3,(H,24,26). The fourth-order valence-corrected chi connectivity index (χ4v) is 2.41. The first-order chi connectivity index (χ1) is 13.2. The number of halogens is 4. The van der Waals surface area contributed by atoms with Crippen molar-refractivity contribution in [3.05, 3.63) is 54.1 Å². The zero-order valence-electron chi connectivity index (χ0n) is 15.2. The van der Waals surface area contributed by atoms with Gasteiger partial charge in [0.05, 0.1) is 6.04 Å². The normalized spacial score (nSPS) is 12.3. The summed E-state index contributed by atoms with van der Waals surface area (Å²) in [5.74, 6) is -0.279. The van der Waals surface area contributed by atoms with Crippen LogP contribution in [0.25, 0.3) is 0 Å². The highest BCUT2D eigenvalue weighted by atomic mass is 19.3. The molecular formula is C19H20F4N2O3. The van der Waals surface area contributed by atoms with Gasteiger partial charge < -0.3 is 14.8 Å². The number of carbonyl (C=O) groups excluding carboxylic acids is 1. The van der Waals surface area contributed by atoms with Gasteiger partial charge in [-0.2, -0.15) is 17.6 Å². The minimum atomic E-state index is -2.92. The lowest BCUT2D eigenvalue weighted by Crippen LogP contribution is -2.39. The second-order valence-corrected chi connectivity index (χ2v) is 6.01. The van der Waals surface area contributed by atoms with Crippen LogP contribution in [0.2, 0.25) is 0 Å². The summed E-state index contributed by atoms with van der Waals surface area (Å²) in [6.45, 7) is -3.81. The summed E-state index contributed by atoms with van der Waals surface area (Å²) in [5, 5.41) is 2.68. The molecule has 0 bridgehead atoms. The number of likely N-dealkylation sites (N-methyl/N-ethyl adjacent to an activating group) is 1. The maximum Gasteiger partial charge on any atom is 0.387 e. The number of benzene rings is 2. The molecule has 1 N–H and O–H groups in total. The molecule has 0 heterocycles. The number of rotatable bonds is 9. The van der Waals surface area contributed by atoms with E-state index in [9.17, 15) is 22.4 Å². The van der Waals surface area contributed by atoms with Crippen molar-refractivity contribution in [2.45, 2.75) is 32.7 Å². The molecule has 2 rings (SSSR count). The summed E-state index contributed by atoms with van der Waals surface area (Å²) in [7, 11) is 1.71. The zero-order chi connectivity index (χ0) is 20.7. The molecule has 0 fully saturated rings. The van der Waals surface area contributed by atoms with Crippen LogP contribution in [0.15, 0.2) is 48.5 Å². The van der Waals surface area contributed by atoms with E-state index in [0.29, 0.717) is 17.8 Å². The number of nitrogens with one attached hydrogen (secondary N) is 1. The van der Waals surface area contributed by atoms with Gasteiger partial charge in [0.15, 0.2) is 0 Å². The van der Waals surface area contributed by atoms with Crippen molar-refractivity contribution in [1.82, 2.24) is 4.90 Å². The van der Waals surface area contributed by atoms with Gasteiger partial charge in [-0.25, -0.2) is 0 Å². The first-order valence-corrected chi connectivity index (χ1v) is 8.34. The molecule has 1 atom stereocenters. The minimum absolute atomic E-state index is 0.0101. The van der Waals surface area contributed by atoms with E-state index in [2.05, 4.69) is 14.8 Å². The van der Waals surface area contributed by atoms with Crippen LogP contribution in [0.3, 0.4) is 0 Å². The summed E-state index contributed by atoms with van der Waals surface area (Å²) in [6, 6.07) is 11.2. The maximum atomic E-state index is 12.4. The Hall–Kier alpha value is -2.81. The summed E-state index contributed by atoms with van der Waals surface area (Å²) in [5.41, 5.74) is 1.13. The highest BCUT2D eigenvalue weighted by Crippen LogP contribution is 2.19. The predicted molar refractivity (Wildman–Crippen MR) is 95.7 cm³/mol. The van der Waals surface area contributed by atoms with Crippen LogP contribution in [0, 0.1) is 0 Å². The quantitative estimate of drug-likeness (QED) is 0.636. The van der Waals surface area contributed by atoms with Crippen LogP contribution in [0.5, 0.6) is 11.5 Å². The number of nitrogens with zero attached hydrogens (tertiary/aromatic N) is 1. The van der Waals surface area contributed by atoms with Gasteiger partial charge in [-0.15, -0.1) is 0 Å². The Kier molecular flexibility index (Phi) is 7.62. The van der Waals surface area contributed by atoms with Gasteiger partial charge in [0, 0.05) is 12.2 Å². The van der Waals surface area contributed by atoms with Gasteiger partial charge in [0.1, 0.15) is 11.5 Å². The van der Waals surface area contributed by atoms with Crippen molar-refractivity contribution in [1.29, 1.82) is 0 Å². The van der Waals surface area contributed by atoms with Gasteiger partial charge in [-0.1, -0.05) is 12.1 Å². The lowest BCUT2D eigenvalue weighted by atomic mass is 10.1. The van der Waals surface area contributed by atoms with E-state index < -0.39 is 19.3 Å². The highest BCUT2D eigenvalue weighted by Gasteiger charge is 2.19. The number of hydrogen-bond acceptors (Lipinski definition) is 4. The van der Waals surface area contributed by atoms with Crippen LogP contribution < -0.4 is 14.8 Å². The van der Waals surface area contributed by atoms with Gasteiger partial charge >= 0.3 is 13.2 Å². The van der Waals surface area contributed by atoms with Crippen molar-refractivity contribution in [3.8, 4) is 11.5 Å². The molecule has 0 aliphatic carbocycles. The van der Waals surface area contributed by atoms with E-state index in [4.69, 9.17) is 0 Å². The van der Waals surface area contributed by atoms with E-state index in [1.807, 2.05) is 0 Å². The Labute approximate surface area is 159 Å². The molecule has 28 heavy (non-hydrogen) atoms. The Morgan fingerprint density at radius 1 is 1.00 bits per heavy atom. The van der Waals surface area contributed by atoms with Crippen LogP contribution >= 0.6 is 0 Å². The molecule has 152 valence electrons. The topological polar surface area (TPSA) is 50.8 Å². The second kappa shape index (κ2) is 9.93. The van der Waals surface area contributed by atoms with E-state index in [1.54, 1.807) is 31.0 Å². The summed E-state index contributed by atoms with van der Waals surface area (Å²) in [6.07, 6.45) is 0. The average Bonchev–Trinajstić information content (AvgIpc) is 2.62. The Bertz CT molecular complexity index is 772. The first kappa shape index (κ1) is 21.5. The zero-order valence-corrected chi connectivity index (χ0v) is 15.2. The van der Waals surface area contributed by atoms with E-state index in [1.165, 1.54) is 36.4 Å². The number of anilines is 1. The van der Waals surface area contributed by atoms with Crippen LogP contribution in [-0.4, -0.2) is 37.1 Å². The molecule has 0 spiro atoms. The van der Waals surface area contributed by atoms with Gasteiger partial charge in [-0.3, -0.25) is 9.69 Å². The number of alkyl halides is 4. The number of hydrogen-bond donors (Lipinski definition) is 1. The molecule has 0 aliphatic heterocycles.